The van der Waals surface area contributed by atoms with Crippen molar-refractivity contribution < 1.29 is 22.5 Å². The van der Waals surface area contributed by atoms with Crippen molar-refractivity contribution in [3.8, 4) is 5.75 Å². The molecule has 0 aliphatic rings. The van der Waals surface area contributed by atoms with Crippen molar-refractivity contribution >= 4 is 56.5 Å². The van der Waals surface area contributed by atoms with Crippen molar-refractivity contribution in [2.75, 3.05) is 10.0 Å². The number of phenolic OH excluding ortho intramolecular Hbond substituents is 1. The van der Waals surface area contributed by atoms with Crippen molar-refractivity contribution in [1.82, 2.24) is 4.98 Å². The number of aromatic nitrogens is 1. The van der Waals surface area contributed by atoms with E-state index >= 15 is 0 Å². The zero-order valence-corrected chi connectivity index (χ0v) is 19.5. The van der Waals surface area contributed by atoms with Gasteiger partial charge in [0, 0.05) is 10.4 Å². The van der Waals surface area contributed by atoms with Gasteiger partial charge in [-0.05, 0) is 48.5 Å². The van der Waals surface area contributed by atoms with E-state index < -0.39 is 22.7 Å². The first kappa shape index (κ1) is 24.1. The Morgan fingerprint density at radius 1 is 0.971 bits per heavy atom. The van der Waals surface area contributed by atoms with Gasteiger partial charge in [-0.15, -0.1) is 0 Å². The van der Waals surface area contributed by atoms with Crippen molar-refractivity contribution in [2.45, 2.75) is 17.6 Å². The Kier molecular flexibility index (Phi) is 6.88. The molecule has 0 saturated heterocycles. The third-order valence-electron chi connectivity index (χ3n) is 4.86. The Morgan fingerprint density at radius 2 is 1.71 bits per heavy atom. The van der Waals surface area contributed by atoms with E-state index in [1.165, 1.54) is 24.3 Å². The smallest absolute Gasteiger partial charge is 0.416 e. The van der Waals surface area contributed by atoms with Gasteiger partial charge in [-0.3, -0.25) is 4.72 Å². The molecule has 0 amide bonds. The normalized spacial score (nSPS) is 12.5. The predicted molar refractivity (Wildman–Crippen MR) is 129 cm³/mol. The van der Waals surface area contributed by atoms with Gasteiger partial charge in [0.05, 0.1) is 44.6 Å². The highest BCUT2D eigenvalue weighted by Crippen LogP contribution is 2.35. The van der Waals surface area contributed by atoms with E-state index in [1.807, 2.05) is 12.1 Å². The van der Waals surface area contributed by atoms with Crippen LogP contribution in [0.4, 0.5) is 24.5 Å². The van der Waals surface area contributed by atoms with Crippen LogP contribution in [0.25, 0.3) is 10.9 Å². The molecule has 3 N–H and O–H groups in total. The van der Waals surface area contributed by atoms with Crippen LogP contribution in [0, 0.1) is 0 Å². The standard InChI is InChI=1S/C23H16Cl2F3N3O2S/c24-15-10-18(25)22(32)20(11-15)29-12-16-7-4-13-2-1-3-19(21(13)30-16)31-34(33)17-8-5-14(6-9-17)23(26,27)28/h1-11,29,31-32H,12H2. The van der Waals surface area contributed by atoms with Gasteiger partial charge in [-0.25, -0.2) is 9.19 Å². The molecule has 176 valence electrons. The molecule has 1 aromatic heterocycles. The number of anilines is 2. The lowest BCUT2D eigenvalue weighted by molar-refractivity contribution is -0.137. The Hall–Kier alpha value is -3.01. The first-order valence-corrected chi connectivity index (χ1v) is 11.7. The van der Waals surface area contributed by atoms with Crippen molar-refractivity contribution in [1.29, 1.82) is 0 Å². The van der Waals surface area contributed by atoms with Crippen molar-refractivity contribution in [3.05, 3.63) is 88.0 Å². The fourth-order valence-electron chi connectivity index (χ4n) is 3.18. The van der Waals surface area contributed by atoms with Gasteiger partial charge in [0.1, 0.15) is 11.0 Å². The highest BCUT2D eigenvalue weighted by Gasteiger charge is 2.30. The summed E-state index contributed by atoms with van der Waals surface area (Å²) in [5.41, 5.74) is 1.11. The lowest BCUT2D eigenvalue weighted by Crippen LogP contribution is -2.08. The molecule has 1 unspecified atom stereocenters. The third kappa shape index (κ3) is 5.38. The lowest BCUT2D eigenvalue weighted by Gasteiger charge is -2.12. The lowest BCUT2D eigenvalue weighted by atomic mass is 10.1. The van der Waals surface area contributed by atoms with E-state index in [1.54, 1.807) is 18.2 Å². The summed E-state index contributed by atoms with van der Waals surface area (Å²) in [5, 5.41) is 14.4. The number of hydrogen-bond acceptors (Lipinski definition) is 4. The zero-order valence-electron chi connectivity index (χ0n) is 17.2. The number of nitrogens with zero attached hydrogens (tertiary/aromatic N) is 1. The Bertz CT molecular complexity index is 1380. The molecule has 5 nitrogen and oxygen atoms in total. The number of hydrogen-bond donors (Lipinski definition) is 3. The highest BCUT2D eigenvalue weighted by atomic mass is 35.5. The second kappa shape index (κ2) is 9.69. The zero-order chi connectivity index (χ0) is 24.5. The second-order valence-electron chi connectivity index (χ2n) is 7.21. The van der Waals surface area contributed by atoms with Crippen LogP contribution < -0.4 is 10.0 Å². The number of rotatable bonds is 6. The number of aromatic hydroxyl groups is 1. The summed E-state index contributed by atoms with van der Waals surface area (Å²) in [6, 6.07) is 15.9. The van der Waals surface area contributed by atoms with Gasteiger partial charge >= 0.3 is 6.18 Å². The van der Waals surface area contributed by atoms with Crippen molar-refractivity contribution in [3.63, 3.8) is 0 Å². The third-order valence-corrected chi connectivity index (χ3v) is 6.48. The quantitative estimate of drug-likeness (QED) is 0.236. The number of alkyl halides is 3. The minimum Gasteiger partial charge on any atom is -0.504 e. The van der Waals surface area contributed by atoms with Gasteiger partial charge in [-0.1, -0.05) is 41.4 Å². The summed E-state index contributed by atoms with van der Waals surface area (Å²) in [7, 11) is -1.81. The molecule has 0 fully saturated rings. The summed E-state index contributed by atoms with van der Waals surface area (Å²) in [4.78, 5) is 4.79. The molecule has 0 aliphatic carbocycles. The molecule has 0 saturated carbocycles. The average molecular weight is 526 g/mol. The monoisotopic (exact) mass is 525 g/mol. The molecule has 11 heteroatoms. The molecular weight excluding hydrogens is 510 g/mol. The van der Waals surface area contributed by atoms with Gasteiger partial charge in [0.15, 0.2) is 5.75 Å². The van der Waals surface area contributed by atoms with Crippen molar-refractivity contribution in [2.24, 2.45) is 0 Å². The first-order chi connectivity index (χ1) is 16.1. The number of nitrogens with one attached hydrogen (secondary N) is 2. The number of para-hydroxylation sites is 1. The van der Waals surface area contributed by atoms with Crippen LogP contribution in [-0.4, -0.2) is 14.3 Å². The van der Waals surface area contributed by atoms with Crippen LogP contribution in [0.3, 0.4) is 0 Å². The van der Waals surface area contributed by atoms with Gasteiger partial charge < -0.3 is 10.4 Å². The number of halogens is 5. The van der Waals surface area contributed by atoms with E-state index in [9.17, 15) is 22.5 Å². The van der Waals surface area contributed by atoms with Crippen LogP contribution in [0.15, 0.2) is 71.6 Å². The minimum atomic E-state index is -4.47. The van der Waals surface area contributed by atoms with Crippen LogP contribution in [-0.2, 0) is 23.7 Å². The molecule has 4 aromatic rings. The topological polar surface area (TPSA) is 74.2 Å². The second-order valence-corrected chi connectivity index (χ2v) is 9.27. The van der Waals surface area contributed by atoms with Crippen LogP contribution in [0.5, 0.6) is 5.75 Å². The molecule has 1 atom stereocenters. The number of benzene rings is 3. The van der Waals surface area contributed by atoms with E-state index in [2.05, 4.69) is 15.0 Å². The fourth-order valence-corrected chi connectivity index (χ4v) is 4.54. The SMILES string of the molecule is O=S(Nc1cccc2ccc(CNc3cc(Cl)cc(Cl)c3O)nc12)c1ccc(C(F)(F)F)cc1. The van der Waals surface area contributed by atoms with Crippen LogP contribution in [0.2, 0.25) is 10.0 Å². The maximum atomic E-state index is 12.8. The maximum absolute atomic E-state index is 12.8. The Labute approximate surface area is 205 Å². The summed E-state index contributed by atoms with van der Waals surface area (Å²) < 4.78 is 53.9. The highest BCUT2D eigenvalue weighted by molar-refractivity contribution is 7.86. The molecular formula is C23H16Cl2F3N3O2S. The van der Waals surface area contributed by atoms with Gasteiger partial charge in [0.2, 0.25) is 0 Å². The molecule has 0 aliphatic heterocycles. The fraction of sp³-hybridized carbons (Fsp3) is 0.0870. The van der Waals surface area contributed by atoms with E-state index in [0.717, 1.165) is 17.5 Å². The summed E-state index contributed by atoms with van der Waals surface area (Å²) in [6.45, 7) is 0.233. The molecule has 0 radical (unpaired) electrons. The van der Waals surface area contributed by atoms with E-state index in [0.29, 0.717) is 27.6 Å². The largest absolute Gasteiger partial charge is 0.504 e. The number of phenols is 1. The first-order valence-electron chi connectivity index (χ1n) is 9.78. The number of pyridine rings is 1. The van der Waals surface area contributed by atoms with Gasteiger partial charge in [-0.2, -0.15) is 13.2 Å². The van der Waals surface area contributed by atoms with Gasteiger partial charge in [0.25, 0.3) is 0 Å². The van der Waals surface area contributed by atoms with E-state index in [-0.39, 0.29) is 22.2 Å². The minimum absolute atomic E-state index is 0.110. The molecule has 1 heterocycles. The summed E-state index contributed by atoms with van der Waals surface area (Å²) in [6.07, 6.45) is -4.47. The summed E-state index contributed by atoms with van der Waals surface area (Å²) >= 11 is 11.9. The predicted octanol–water partition coefficient (Wildman–Crippen LogP) is 7.01. The van der Waals surface area contributed by atoms with E-state index in [4.69, 9.17) is 23.2 Å². The molecule has 3 aromatic carbocycles. The Morgan fingerprint density at radius 3 is 2.41 bits per heavy atom. The average Bonchev–Trinajstić information content (AvgIpc) is 2.80. The summed E-state index contributed by atoms with van der Waals surface area (Å²) in [5.74, 6) is -0.138. The maximum Gasteiger partial charge on any atom is 0.416 e. The molecule has 4 rings (SSSR count). The number of fused-ring (bicyclic) bond motifs is 1. The molecule has 0 spiro atoms. The molecule has 34 heavy (non-hydrogen) atoms. The molecule has 0 bridgehead atoms. The van der Waals surface area contributed by atoms with Crippen LogP contribution in [0.1, 0.15) is 11.3 Å². The Balaban J connectivity index is 1.56. The van der Waals surface area contributed by atoms with Crippen LogP contribution >= 0.6 is 23.2 Å².